The van der Waals surface area contributed by atoms with Crippen molar-refractivity contribution in [1.29, 1.82) is 0 Å². The van der Waals surface area contributed by atoms with Crippen LogP contribution in [0.5, 0.6) is 0 Å². The van der Waals surface area contributed by atoms with Gasteiger partial charge in [0.2, 0.25) is 5.91 Å². The van der Waals surface area contributed by atoms with E-state index in [1.807, 2.05) is 17.0 Å². The van der Waals surface area contributed by atoms with E-state index < -0.39 is 0 Å². The summed E-state index contributed by atoms with van der Waals surface area (Å²) in [5.74, 6) is 0.610. The fourth-order valence-electron chi connectivity index (χ4n) is 3.95. The lowest BCUT2D eigenvalue weighted by atomic mass is 9.99. The highest BCUT2D eigenvalue weighted by molar-refractivity contribution is 5.79. The third-order valence-corrected chi connectivity index (χ3v) is 5.99. The second-order valence-electron chi connectivity index (χ2n) is 8.20. The highest BCUT2D eigenvalue weighted by Gasteiger charge is 2.22. The zero-order valence-electron chi connectivity index (χ0n) is 18.2. The molecule has 0 atom stereocenters. The van der Waals surface area contributed by atoms with Gasteiger partial charge in [0.05, 0.1) is 12.1 Å². The summed E-state index contributed by atoms with van der Waals surface area (Å²) in [7, 11) is 0. The number of halogens is 1. The van der Waals surface area contributed by atoms with E-state index in [0.29, 0.717) is 32.6 Å². The van der Waals surface area contributed by atoms with Gasteiger partial charge in [-0.25, -0.2) is 4.39 Å². The first kappa shape index (κ1) is 21.0. The second-order valence-corrected chi connectivity index (χ2v) is 8.20. The van der Waals surface area contributed by atoms with Crippen LogP contribution in [0.3, 0.4) is 0 Å². The zero-order valence-corrected chi connectivity index (χ0v) is 18.2. The van der Waals surface area contributed by atoms with Gasteiger partial charge in [-0.15, -0.1) is 10.2 Å². The molecule has 4 rings (SSSR count). The molecule has 5 nitrogen and oxygen atoms in total. The molecule has 0 bridgehead atoms. The van der Waals surface area contributed by atoms with Crippen LogP contribution in [0.4, 0.5) is 10.2 Å². The minimum atomic E-state index is -0.287. The lowest BCUT2D eigenvalue weighted by Crippen LogP contribution is -2.49. The summed E-state index contributed by atoms with van der Waals surface area (Å²) >= 11 is 0. The Morgan fingerprint density at radius 2 is 1.55 bits per heavy atom. The van der Waals surface area contributed by atoms with Crippen LogP contribution in [-0.4, -0.2) is 47.2 Å². The first-order chi connectivity index (χ1) is 14.9. The van der Waals surface area contributed by atoms with Crippen LogP contribution in [0.15, 0.2) is 48.5 Å². The van der Waals surface area contributed by atoms with Crippen LogP contribution >= 0.6 is 0 Å². The van der Waals surface area contributed by atoms with Crippen molar-refractivity contribution in [2.75, 3.05) is 31.1 Å². The van der Waals surface area contributed by atoms with Crippen LogP contribution in [0, 0.1) is 26.6 Å². The first-order valence-corrected chi connectivity index (χ1v) is 10.6. The predicted octanol–water partition coefficient (Wildman–Crippen LogP) is 4.10. The van der Waals surface area contributed by atoms with Gasteiger partial charge in [0.1, 0.15) is 5.82 Å². The molecule has 0 spiro atoms. The van der Waals surface area contributed by atoms with Crippen molar-refractivity contribution in [3.8, 4) is 11.3 Å². The van der Waals surface area contributed by atoms with E-state index in [1.54, 1.807) is 12.1 Å². The Hall–Kier alpha value is -3.28. The van der Waals surface area contributed by atoms with E-state index >= 15 is 0 Å². The van der Waals surface area contributed by atoms with Crippen molar-refractivity contribution in [2.24, 2.45) is 0 Å². The average molecular weight is 419 g/mol. The molecule has 1 aromatic heterocycles. The number of nitrogens with zero attached hydrogens (tertiary/aromatic N) is 4. The molecule has 0 N–H and O–H groups in total. The van der Waals surface area contributed by atoms with Crippen molar-refractivity contribution >= 4 is 11.7 Å². The Morgan fingerprint density at radius 1 is 0.871 bits per heavy atom. The number of aromatic nitrogens is 2. The summed E-state index contributed by atoms with van der Waals surface area (Å²) in [6.45, 7) is 9.03. The Balaban J connectivity index is 1.37. The minimum Gasteiger partial charge on any atom is -0.352 e. The molecule has 3 aromatic rings. The van der Waals surface area contributed by atoms with Crippen LogP contribution < -0.4 is 4.90 Å². The van der Waals surface area contributed by atoms with Gasteiger partial charge >= 0.3 is 0 Å². The fraction of sp³-hybridized carbons (Fsp3) is 0.320. The fourth-order valence-corrected chi connectivity index (χ4v) is 3.95. The lowest BCUT2D eigenvalue weighted by molar-refractivity contribution is -0.130. The van der Waals surface area contributed by atoms with Crippen LogP contribution in [-0.2, 0) is 11.2 Å². The molecular weight excluding hydrogens is 391 g/mol. The quantitative estimate of drug-likeness (QED) is 0.640. The van der Waals surface area contributed by atoms with Gasteiger partial charge < -0.3 is 9.80 Å². The van der Waals surface area contributed by atoms with Crippen LogP contribution in [0.25, 0.3) is 11.3 Å². The average Bonchev–Trinajstić information content (AvgIpc) is 2.78. The molecule has 2 heterocycles. The van der Waals surface area contributed by atoms with Crippen molar-refractivity contribution in [2.45, 2.75) is 27.2 Å². The summed E-state index contributed by atoms with van der Waals surface area (Å²) < 4.78 is 13.0. The number of benzene rings is 2. The number of carbonyl (C=O) groups is 1. The molecule has 0 aliphatic carbocycles. The van der Waals surface area contributed by atoms with Crippen molar-refractivity contribution in [3.05, 3.63) is 76.6 Å². The molecule has 1 aliphatic rings. The van der Waals surface area contributed by atoms with E-state index in [4.69, 9.17) is 0 Å². The summed E-state index contributed by atoms with van der Waals surface area (Å²) in [6, 6.07) is 14.5. The van der Waals surface area contributed by atoms with Gasteiger partial charge in [0, 0.05) is 31.7 Å². The molecule has 160 valence electrons. The predicted molar refractivity (Wildman–Crippen MR) is 121 cm³/mol. The molecule has 0 saturated carbocycles. The first-order valence-electron chi connectivity index (χ1n) is 10.6. The Morgan fingerprint density at radius 3 is 2.19 bits per heavy atom. The van der Waals surface area contributed by atoms with Crippen molar-refractivity contribution in [3.63, 3.8) is 0 Å². The molecular formula is C25H27FN4O. The summed E-state index contributed by atoms with van der Waals surface area (Å²) in [4.78, 5) is 16.6. The van der Waals surface area contributed by atoms with Gasteiger partial charge in [0.25, 0.3) is 0 Å². The number of hydrogen-bond donors (Lipinski definition) is 0. The maximum atomic E-state index is 13.0. The van der Waals surface area contributed by atoms with Gasteiger partial charge in [-0.1, -0.05) is 18.2 Å². The molecule has 1 aliphatic heterocycles. The maximum absolute atomic E-state index is 13.0. The summed E-state index contributed by atoms with van der Waals surface area (Å²) in [6.07, 6.45) is 0.296. The molecule has 1 saturated heterocycles. The molecule has 0 unspecified atom stereocenters. The Kier molecular flexibility index (Phi) is 5.98. The number of anilines is 1. The van der Waals surface area contributed by atoms with E-state index in [2.05, 4.69) is 48.0 Å². The third kappa shape index (κ3) is 4.74. The maximum Gasteiger partial charge on any atom is 0.227 e. The number of carbonyl (C=O) groups excluding carboxylic acids is 1. The smallest absolute Gasteiger partial charge is 0.227 e. The highest BCUT2D eigenvalue weighted by atomic mass is 19.1. The van der Waals surface area contributed by atoms with E-state index in [1.165, 1.54) is 28.8 Å². The summed E-state index contributed by atoms with van der Waals surface area (Å²) in [5.41, 5.74) is 6.52. The van der Waals surface area contributed by atoms with Crippen LogP contribution in [0.2, 0.25) is 0 Å². The minimum absolute atomic E-state index is 0.0675. The Labute approximate surface area is 182 Å². The van der Waals surface area contributed by atoms with Crippen molar-refractivity contribution < 1.29 is 9.18 Å². The topological polar surface area (TPSA) is 49.3 Å². The molecule has 2 aromatic carbocycles. The third-order valence-electron chi connectivity index (χ3n) is 5.99. The molecule has 1 fully saturated rings. The second kappa shape index (κ2) is 8.84. The molecule has 1 amide bonds. The lowest BCUT2D eigenvalue weighted by Gasteiger charge is -2.35. The van der Waals surface area contributed by atoms with Crippen molar-refractivity contribution in [1.82, 2.24) is 15.1 Å². The monoisotopic (exact) mass is 418 g/mol. The number of amides is 1. The molecule has 31 heavy (non-hydrogen) atoms. The number of rotatable bonds is 4. The normalized spacial score (nSPS) is 14.1. The van der Waals surface area contributed by atoms with E-state index in [-0.39, 0.29) is 11.7 Å². The highest BCUT2D eigenvalue weighted by Crippen LogP contribution is 2.25. The number of aryl methyl sites for hydroxylation is 3. The largest absolute Gasteiger partial charge is 0.352 e. The van der Waals surface area contributed by atoms with E-state index in [9.17, 15) is 9.18 Å². The van der Waals surface area contributed by atoms with Gasteiger partial charge in [-0.05, 0) is 73.4 Å². The van der Waals surface area contributed by atoms with Gasteiger partial charge in [0.15, 0.2) is 5.82 Å². The SMILES string of the molecule is Cc1cc(C)c(-c2ccc(N3CCN(C(=O)Cc4ccc(F)cc4)CC3)nn2)cc1C. The van der Waals surface area contributed by atoms with Crippen LogP contribution in [0.1, 0.15) is 22.3 Å². The molecule has 6 heteroatoms. The summed E-state index contributed by atoms with van der Waals surface area (Å²) in [5, 5.41) is 8.92. The van der Waals surface area contributed by atoms with Gasteiger partial charge in [-0.3, -0.25) is 4.79 Å². The Bertz CT molecular complexity index is 1070. The standard InChI is InChI=1S/C25H27FN4O/c1-17-14-19(3)22(15-18(17)2)23-8-9-24(28-27-23)29-10-12-30(13-11-29)25(31)16-20-4-6-21(26)7-5-20/h4-9,14-15H,10-13,16H2,1-3H3. The number of piperazine rings is 1. The van der Waals surface area contributed by atoms with Gasteiger partial charge in [-0.2, -0.15) is 0 Å². The number of hydrogen-bond acceptors (Lipinski definition) is 4. The van der Waals surface area contributed by atoms with E-state index in [0.717, 1.165) is 22.6 Å². The molecule has 0 radical (unpaired) electrons. The zero-order chi connectivity index (χ0) is 22.0.